The molecule has 6 heteroatoms. The zero-order valence-electron chi connectivity index (χ0n) is 14.2. The van der Waals surface area contributed by atoms with E-state index in [-0.39, 0.29) is 6.09 Å². The lowest BCUT2D eigenvalue weighted by Crippen LogP contribution is -2.50. The van der Waals surface area contributed by atoms with Crippen LogP contribution in [0.25, 0.3) is 0 Å². The molecule has 0 saturated carbocycles. The van der Waals surface area contributed by atoms with E-state index in [2.05, 4.69) is 5.32 Å². The molecule has 1 rings (SSSR count). The fraction of sp³-hybridized carbons (Fsp3) is 0.867. The average molecular weight is 300 g/mol. The first kappa shape index (κ1) is 17.6. The number of alkyl carbamates (subject to hydrolysis) is 1. The summed E-state index contributed by atoms with van der Waals surface area (Å²) in [5, 5.41) is 2.85. The molecule has 1 heterocycles. The van der Waals surface area contributed by atoms with Gasteiger partial charge in [0.2, 0.25) is 0 Å². The minimum atomic E-state index is -0.538. The Balaban J connectivity index is 2.55. The van der Waals surface area contributed by atoms with Crippen LogP contribution in [0.3, 0.4) is 0 Å². The summed E-state index contributed by atoms with van der Waals surface area (Å²) in [5.74, 6) is 0. The van der Waals surface area contributed by atoms with Gasteiger partial charge in [-0.1, -0.05) is 0 Å². The Bertz CT molecular complexity index is 409. The van der Waals surface area contributed by atoms with E-state index >= 15 is 0 Å². The molecule has 1 aliphatic heterocycles. The Labute approximate surface area is 127 Å². The van der Waals surface area contributed by atoms with Crippen molar-refractivity contribution >= 4 is 12.2 Å². The molecule has 6 nitrogen and oxygen atoms in total. The maximum absolute atomic E-state index is 12.0. The van der Waals surface area contributed by atoms with Gasteiger partial charge in [0.05, 0.1) is 5.54 Å². The lowest BCUT2D eigenvalue weighted by Gasteiger charge is -2.29. The van der Waals surface area contributed by atoms with Gasteiger partial charge in [0.15, 0.2) is 0 Å². The van der Waals surface area contributed by atoms with Crippen LogP contribution in [0.1, 0.15) is 54.9 Å². The zero-order valence-corrected chi connectivity index (χ0v) is 14.2. The van der Waals surface area contributed by atoms with Crippen molar-refractivity contribution < 1.29 is 19.1 Å². The molecule has 1 fully saturated rings. The van der Waals surface area contributed by atoms with Crippen LogP contribution in [0, 0.1) is 0 Å². The quantitative estimate of drug-likeness (QED) is 0.808. The van der Waals surface area contributed by atoms with Gasteiger partial charge < -0.3 is 19.7 Å². The van der Waals surface area contributed by atoms with Crippen molar-refractivity contribution in [3.05, 3.63) is 0 Å². The van der Waals surface area contributed by atoms with Crippen LogP contribution in [0.2, 0.25) is 0 Å². The molecule has 0 aromatic carbocycles. The highest BCUT2D eigenvalue weighted by molar-refractivity contribution is 5.71. The summed E-state index contributed by atoms with van der Waals surface area (Å²) in [6.07, 6.45) is -0.140. The van der Waals surface area contributed by atoms with Gasteiger partial charge in [-0.05, 0) is 54.9 Å². The van der Waals surface area contributed by atoms with Gasteiger partial charge in [-0.2, -0.15) is 0 Å². The lowest BCUT2D eigenvalue weighted by molar-refractivity contribution is 0.0266. The molecule has 0 bridgehead atoms. The van der Waals surface area contributed by atoms with Crippen LogP contribution in [0.4, 0.5) is 9.59 Å². The molecule has 1 N–H and O–H groups in total. The van der Waals surface area contributed by atoms with Crippen molar-refractivity contribution in [1.82, 2.24) is 10.2 Å². The van der Waals surface area contributed by atoms with Gasteiger partial charge in [-0.3, -0.25) is 0 Å². The van der Waals surface area contributed by atoms with Crippen molar-refractivity contribution in [2.45, 2.75) is 71.6 Å². The van der Waals surface area contributed by atoms with Crippen molar-refractivity contribution in [2.24, 2.45) is 0 Å². The third-order valence-corrected chi connectivity index (χ3v) is 2.93. The number of likely N-dealkylation sites (tertiary alicyclic amines) is 1. The second kappa shape index (κ2) is 5.73. The molecular formula is C15H28N2O4. The minimum Gasteiger partial charge on any atom is -0.444 e. The third kappa shape index (κ3) is 6.23. The standard InChI is InChI=1S/C15H28N2O4/c1-13(2,3)20-11(18)16-15(7)8-9-17(10-15)12(19)21-14(4,5)6/h8-10H2,1-7H3,(H,16,18). The van der Waals surface area contributed by atoms with Crippen molar-refractivity contribution in [2.75, 3.05) is 13.1 Å². The number of hydrogen-bond acceptors (Lipinski definition) is 4. The highest BCUT2D eigenvalue weighted by atomic mass is 16.6. The summed E-state index contributed by atoms with van der Waals surface area (Å²) in [5.41, 5.74) is -1.54. The van der Waals surface area contributed by atoms with E-state index in [1.54, 1.807) is 4.90 Å². The smallest absolute Gasteiger partial charge is 0.410 e. The largest absolute Gasteiger partial charge is 0.444 e. The van der Waals surface area contributed by atoms with Crippen molar-refractivity contribution in [3.63, 3.8) is 0 Å². The van der Waals surface area contributed by atoms with Crippen LogP contribution < -0.4 is 5.32 Å². The van der Waals surface area contributed by atoms with Crippen LogP contribution >= 0.6 is 0 Å². The van der Waals surface area contributed by atoms with Gasteiger partial charge in [-0.25, -0.2) is 9.59 Å². The highest BCUT2D eigenvalue weighted by Crippen LogP contribution is 2.23. The van der Waals surface area contributed by atoms with Crippen LogP contribution in [-0.4, -0.2) is 46.9 Å². The normalized spacial score (nSPS) is 22.9. The zero-order chi connectivity index (χ0) is 16.5. The van der Waals surface area contributed by atoms with Gasteiger partial charge in [-0.15, -0.1) is 0 Å². The van der Waals surface area contributed by atoms with Gasteiger partial charge in [0.25, 0.3) is 0 Å². The van der Waals surface area contributed by atoms with E-state index in [0.717, 1.165) is 0 Å². The van der Waals surface area contributed by atoms with Gasteiger partial charge in [0.1, 0.15) is 11.2 Å². The van der Waals surface area contributed by atoms with Crippen LogP contribution in [0.15, 0.2) is 0 Å². The first-order valence-electron chi connectivity index (χ1n) is 7.29. The molecule has 1 atom stereocenters. The summed E-state index contributed by atoms with van der Waals surface area (Å²) >= 11 is 0. The molecular weight excluding hydrogens is 272 g/mol. The predicted molar refractivity (Wildman–Crippen MR) is 80.2 cm³/mol. The number of ether oxygens (including phenoxy) is 2. The first-order chi connectivity index (χ1) is 9.30. The monoisotopic (exact) mass is 300 g/mol. The number of nitrogens with one attached hydrogen (secondary N) is 1. The first-order valence-corrected chi connectivity index (χ1v) is 7.29. The van der Waals surface area contributed by atoms with Crippen molar-refractivity contribution in [3.8, 4) is 0 Å². The fourth-order valence-electron chi connectivity index (χ4n) is 2.10. The summed E-state index contributed by atoms with van der Waals surface area (Å²) in [4.78, 5) is 25.5. The molecule has 122 valence electrons. The summed E-state index contributed by atoms with van der Waals surface area (Å²) in [6, 6.07) is 0. The number of carbonyl (C=O) groups excluding carboxylic acids is 2. The highest BCUT2D eigenvalue weighted by Gasteiger charge is 2.39. The number of carbonyl (C=O) groups is 2. The molecule has 21 heavy (non-hydrogen) atoms. The molecule has 0 aromatic rings. The van der Waals surface area contributed by atoms with E-state index in [0.29, 0.717) is 19.5 Å². The Morgan fingerprint density at radius 2 is 1.57 bits per heavy atom. The van der Waals surface area contributed by atoms with Crippen LogP contribution in [0.5, 0.6) is 0 Å². The molecule has 0 spiro atoms. The topological polar surface area (TPSA) is 67.9 Å². The van der Waals surface area contributed by atoms with Crippen molar-refractivity contribution in [1.29, 1.82) is 0 Å². The average Bonchev–Trinajstić information content (AvgIpc) is 2.54. The Morgan fingerprint density at radius 3 is 2.05 bits per heavy atom. The van der Waals surface area contributed by atoms with E-state index in [1.807, 2.05) is 48.5 Å². The molecule has 1 saturated heterocycles. The number of hydrogen-bond donors (Lipinski definition) is 1. The molecule has 0 aromatic heterocycles. The molecule has 2 amide bonds. The molecule has 1 aliphatic rings. The maximum Gasteiger partial charge on any atom is 0.410 e. The summed E-state index contributed by atoms with van der Waals surface area (Å²) < 4.78 is 10.6. The molecule has 1 unspecified atom stereocenters. The second-order valence-electron chi connectivity index (χ2n) is 7.84. The fourth-order valence-corrected chi connectivity index (χ4v) is 2.10. The summed E-state index contributed by atoms with van der Waals surface area (Å²) in [7, 11) is 0. The van der Waals surface area contributed by atoms with Gasteiger partial charge in [0, 0.05) is 13.1 Å². The van der Waals surface area contributed by atoms with Gasteiger partial charge >= 0.3 is 12.2 Å². The Hall–Kier alpha value is -1.46. The summed E-state index contributed by atoms with van der Waals surface area (Å²) in [6.45, 7) is 13.8. The SMILES string of the molecule is CC1(NC(=O)OC(C)(C)C)CCN(C(=O)OC(C)(C)C)C1. The maximum atomic E-state index is 12.0. The van der Waals surface area contributed by atoms with E-state index < -0.39 is 22.8 Å². The second-order valence-corrected chi connectivity index (χ2v) is 7.84. The molecule has 0 aliphatic carbocycles. The number of nitrogens with zero attached hydrogens (tertiary/aromatic N) is 1. The van der Waals surface area contributed by atoms with E-state index in [1.165, 1.54) is 0 Å². The predicted octanol–water partition coefficient (Wildman–Crippen LogP) is 2.91. The molecule has 0 radical (unpaired) electrons. The minimum absolute atomic E-state index is 0.350. The van der Waals surface area contributed by atoms with Crippen LogP contribution in [-0.2, 0) is 9.47 Å². The van der Waals surface area contributed by atoms with E-state index in [4.69, 9.17) is 9.47 Å². The number of amides is 2. The lowest BCUT2D eigenvalue weighted by atomic mass is 10.0. The third-order valence-electron chi connectivity index (χ3n) is 2.93. The Kier molecular flexibility index (Phi) is 4.80. The Morgan fingerprint density at radius 1 is 1.05 bits per heavy atom. The van der Waals surface area contributed by atoms with E-state index in [9.17, 15) is 9.59 Å². The number of rotatable bonds is 1.